The van der Waals surface area contributed by atoms with E-state index in [9.17, 15) is 5.11 Å². The fraction of sp³-hybridized carbons (Fsp3) is 0.833. The summed E-state index contributed by atoms with van der Waals surface area (Å²) in [6.45, 7) is 12.7. The second kappa shape index (κ2) is 10.0. The van der Waals surface area contributed by atoms with Gasteiger partial charge in [0, 0.05) is 45.4 Å². The van der Waals surface area contributed by atoms with Crippen LogP contribution in [0.1, 0.15) is 27.2 Å². The summed E-state index contributed by atoms with van der Waals surface area (Å²) in [5.74, 6) is 1.40. The number of likely N-dealkylation sites (tertiary alicyclic amines) is 1. The monoisotopic (exact) mass is 338 g/mol. The molecule has 0 aliphatic carbocycles. The molecule has 6 heteroatoms. The summed E-state index contributed by atoms with van der Waals surface area (Å²) in [6, 6.07) is 0.600. The fourth-order valence-electron chi connectivity index (χ4n) is 3.13. The zero-order valence-corrected chi connectivity index (χ0v) is 15.4. The van der Waals surface area contributed by atoms with E-state index >= 15 is 0 Å². The van der Waals surface area contributed by atoms with Gasteiger partial charge in [0.25, 0.3) is 0 Å². The van der Waals surface area contributed by atoms with Gasteiger partial charge in [-0.2, -0.15) is 0 Å². The Balaban J connectivity index is 1.79. The summed E-state index contributed by atoms with van der Waals surface area (Å²) in [5, 5.41) is 13.4. The molecule has 0 amide bonds. The number of rotatable bonds is 8. The van der Waals surface area contributed by atoms with E-state index in [2.05, 4.69) is 53.0 Å². The molecule has 24 heavy (non-hydrogen) atoms. The minimum Gasteiger partial charge on any atom is -0.389 e. The first-order valence-corrected chi connectivity index (χ1v) is 9.28. The lowest BCUT2D eigenvalue weighted by Crippen LogP contribution is -2.43. The van der Waals surface area contributed by atoms with Crippen molar-refractivity contribution in [2.45, 2.75) is 39.3 Å². The van der Waals surface area contributed by atoms with Crippen molar-refractivity contribution in [2.75, 3.05) is 52.5 Å². The predicted molar refractivity (Wildman–Crippen MR) is 98.3 cm³/mol. The van der Waals surface area contributed by atoms with Crippen molar-refractivity contribution in [3.8, 4) is 0 Å². The average molecular weight is 338 g/mol. The van der Waals surface area contributed by atoms with Crippen molar-refractivity contribution >= 4 is 5.96 Å². The van der Waals surface area contributed by atoms with Gasteiger partial charge in [-0.15, -0.1) is 0 Å². The first-order valence-electron chi connectivity index (χ1n) is 9.28. The number of aliphatic hydroxyl groups excluding tert-OH is 1. The number of aliphatic hydroxyl groups is 1. The van der Waals surface area contributed by atoms with E-state index in [0.717, 1.165) is 38.7 Å². The zero-order valence-electron chi connectivity index (χ0n) is 15.4. The number of hydrogen-bond acceptors (Lipinski definition) is 4. The number of nitrogens with zero attached hydrogens (tertiary/aromatic N) is 3. The lowest BCUT2D eigenvalue weighted by molar-refractivity contribution is 0.0300. The van der Waals surface area contributed by atoms with Crippen LogP contribution < -0.4 is 5.32 Å². The quantitative estimate of drug-likeness (QED) is 0.392. The fourth-order valence-corrected chi connectivity index (χ4v) is 3.13. The Bertz CT molecular complexity index is 417. The summed E-state index contributed by atoms with van der Waals surface area (Å²) < 4.78 is 5.49. The highest BCUT2D eigenvalue weighted by molar-refractivity contribution is 5.80. The summed E-state index contributed by atoms with van der Waals surface area (Å²) in [4.78, 5) is 9.45. The number of ether oxygens (including phenoxy) is 1. The first-order chi connectivity index (χ1) is 11.6. The molecular formula is C18H34N4O2. The summed E-state index contributed by atoms with van der Waals surface area (Å²) in [6.07, 6.45) is 5.12. The molecule has 2 heterocycles. The molecule has 0 spiro atoms. The Morgan fingerprint density at radius 1 is 1.33 bits per heavy atom. The van der Waals surface area contributed by atoms with Crippen molar-refractivity contribution in [2.24, 2.45) is 10.9 Å². The maximum absolute atomic E-state index is 10.1. The molecule has 0 saturated carbocycles. The van der Waals surface area contributed by atoms with E-state index in [1.165, 1.54) is 6.42 Å². The summed E-state index contributed by atoms with van der Waals surface area (Å²) in [5.41, 5.74) is 0. The molecule has 2 aliphatic rings. The third-order valence-electron chi connectivity index (χ3n) is 4.37. The van der Waals surface area contributed by atoms with Crippen molar-refractivity contribution in [3.63, 3.8) is 0 Å². The third-order valence-corrected chi connectivity index (χ3v) is 4.37. The highest BCUT2D eigenvalue weighted by Gasteiger charge is 2.29. The molecule has 2 unspecified atom stereocenters. The normalized spacial score (nSPS) is 23.5. The van der Waals surface area contributed by atoms with Crippen LogP contribution in [0.15, 0.2) is 17.1 Å². The minimum atomic E-state index is -0.543. The molecule has 2 rings (SSSR count). The van der Waals surface area contributed by atoms with Gasteiger partial charge >= 0.3 is 0 Å². The van der Waals surface area contributed by atoms with Gasteiger partial charge in [0.2, 0.25) is 0 Å². The van der Waals surface area contributed by atoms with Crippen LogP contribution in [0.25, 0.3) is 0 Å². The number of nitrogens with one attached hydrogen (secondary N) is 1. The Morgan fingerprint density at radius 3 is 2.75 bits per heavy atom. The Labute approximate surface area is 146 Å². The Morgan fingerprint density at radius 2 is 2.08 bits per heavy atom. The molecule has 2 aliphatic heterocycles. The molecule has 2 atom stereocenters. The molecule has 6 nitrogen and oxygen atoms in total. The second-order valence-corrected chi connectivity index (χ2v) is 7.09. The van der Waals surface area contributed by atoms with E-state index in [4.69, 9.17) is 4.74 Å². The van der Waals surface area contributed by atoms with Crippen molar-refractivity contribution in [3.05, 3.63) is 12.2 Å². The predicted octanol–water partition coefficient (Wildman–Crippen LogP) is 0.932. The first kappa shape index (κ1) is 19.2. The summed E-state index contributed by atoms with van der Waals surface area (Å²) in [7, 11) is 0. The molecule has 2 N–H and O–H groups in total. The van der Waals surface area contributed by atoms with Crippen LogP contribution in [0.4, 0.5) is 0 Å². The van der Waals surface area contributed by atoms with Crippen LogP contribution >= 0.6 is 0 Å². The molecule has 1 fully saturated rings. The van der Waals surface area contributed by atoms with Crippen LogP contribution in [0, 0.1) is 5.92 Å². The van der Waals surface area contributed by atoms with Gasteiger partial charge in [-0.3, -0.25) is 9.89 Å². The maximum atomic E-state index is 10.1. The molecule has 1 saturated heterocycles. The highest BCUT2D eigenvalue weighted by atomic mass is 16.5. The SMILES string of the molecule is CCNC(=NCC(O)COCC(C)C)N1CCC(N2CC=CC2)C1. The number of hydrogen-bond donors (Lipinski definition) is 2. The van der Waals surface area contributed by atoms with Gasteiger partial charge in [-0.25, -0.2) is 0 Å². The molecular weight excluding hydrogens is 304 g/mol. The molecule has 0 bridgehead atoms. The molecule has 0 aromatic carbocycles. The molecule has 0 aromatic rings. The van der Waals surface area contributed by atoms with E-state index in [-0.39, 0.29) is 0 Å². The Kier molecular flexibility index (Phi) is 8.02. The topological polar surface area (TPSA) is 60.3 Å². The number of aliphatic imine (C=N–C) groups is 1. The second-order valence-electron chi connectivity index (χ2n) is 7.09. The van der Waals surface area contributed by atoms with Gasteiger partial charge in [0.1, 0.15) is 0 Å². The van der Waals surface area contributed by atoms with Crippen molar-refractivity contribution in [1.29, 1.82) is 0 Å². The lowest BCUT2D eigenvalue weighted by atomic mass is 10.2. The van der Waals surface area contributed by atoms with Crippen LogP contribution in [-0.4, -0.2) is 85.5 Å². The molecule has 0 radical (unpaired) electrons. The largest absolute Gasteiger partial charge is 0.389 e. The maximum Gasteiger partial charge on any atom is 0.194 e. The molecule has 0 aromatic heterocycles. The van der Waals surface area contributed by atoms with Gasteiger partial charge < -0.3 is 20.1 Å². The van der Waals surface area contributed by atoms with Crippen LogP contribution in [0.3, 0.4) is 0 Å². The van der Waals surface area contributed by atoms with Gasteiger partial charge in [-0.1, -0.05) is 26.0 Å². The standard InChI is InChI=1S/C18H34N4O2/c1-4-19-18(20-11-17(23)14-24-13-15(2)3)22-10-7-16(12-22)21-8-5-6-9-21/h5-6,15-17,23H,4,7-14H2,1-3H3,(H,19,20). The van der Waals surface area contributed by atoms with Gasteiger partial charge in [0.15, 0.2) is 5.96 Å². The van der Waals surface area contributed by atoms with Crippen molar-refractivity contribution < 1.29 is 9.84 Å². The van der Waals surface area contributed by atoms with Gasteiger partial charge in [0.05, 0.1) is 19.3 Å². The summed E-state index contributed by atoms with van der Waals surface area (Å²) >= 11 is 0. The average Bonchev–Trinajstić information content (AvgIpc) is 3.21. The van der Waals surface area contributed by atoms with E-state index in [0.29, 0.717) is 31.7 Å². The minimum absolute atomic E-state index is 0.350. The van der Waals surface area contributed by atoms with E-state index in [1.807, 2.05) is 0 Å². The van der Waals surface area contributed by atoms with Crippen LogP contribution in [0.2, 0.25) is 0 Å². The lowest BCUT2D eigenvalue weighted by Gasteiger charge is -2.25. The van der Waals surface area contributed by atoms with Crippen molar-refractivity contribution in [1.82, 2.24) is 15.1 Å². The zero-order chi connectivity index (χ0) is 17.4. The van der Waals surface area contributed by atoms with Crippen LogP contribution in [-0.2, 0) is 4.74 Å². The van der Waals surface area contributed by atoms with E-state index in [1.54, 1.807) is 0 Å². The van der Waals surface area contributed by atoms with Gasteiger partial charge in [-0.05, 0) is 19.3 Å². The number of guanidine groups is 1. The third kappa shape index (κ3) is 6.07. The smallest absolute Gasteiger partial charge is 0.194 e. The Hall–Kier alpha value is -1.11. The van der Waals surface area contributed by atoms with E-state index < -0.39 is 6.10 Å². The highest BCUT2D eigenvalue weighted by Crippen LogP contribution is 2.17. The molecule has 138 valence electrons. The van der Waals surface area contributed by atoms with Crippen LogP contribution in [0.5, 0.6) is 0 Å².